The molecule has 0 radical (unpaired) electrons. The van der Waals surface area contributed by atoms with E-state index in [-0.39, 0.29) is 10.6 Å². The van der Waals surface area contributed by atoms with Crippen molar-refractivity contribution in [3.05, 3.63) is 24.3 Å². The predicted octanol–water partition coefficient (Wildman–Crippen LogP) is 0.173. The first-order valence-electron chi connectivity index (χ1n) is 2.81. The summed E-state index contributed by atoms with van der Waals surface area (Å²) >= 11 is 0. The summed E-state index contributed by atoms with van der Waals surface area (Å²) in [6.45, 7) is 0. The first-order chi connectivity index (χ1) is 5.00. The quantitative estimate of drug-likeness (QED) is 0.483. The minimum absolute atomic E-state index is 0.266. The number of nitrogen functional groups attached to an aromatic ring is 1. The molecule has 0 aliphatic heterocycles. The molecule has 1 aromatic carbocycles. The molecule has 2 N–H and O–H groups in total. The summed E-state index contributed by atoms with van der Waals surface area (Å²) in [6.07, 6.45) is 0. The van der Waals surface area contributed by atoms with Gasteiger partial charge in [0, 0.05) is 5.69 Å². The first-order valence-corrected chi connectivity index (χ1v) is 4.22. The van der Waals surface area contributed by atoms with Gasteiger partial charge in [0.25, 0.3) is 0 Å². The van der Waals surface area contributed by atoms with Gasteiger partial charge in [-0.2, -0.15) is 0 Å². The van der Waals surface area contributed by atoms with Crippen LogP contribution in [0.25, 0.3) is 0 Å². The fraction of sp³-hybridized carbons (Fsp3) is 0. The summed E-state index contributed by atoms with van der Waals surface area (Å²) in [5.41, 5.74) is 5.52. The molecule has 0 fully saturated rings. The van der Waals surface area contributed by atoms with Crippen molar-refractivity contribution < 1.29 is 13.0 Å². The standard InChI is InChI=1S/C6H7NO3S/c7-5-2-1-3-6(4-5)11(8,9)10/h1-4H,7H2,(H,8,9,10)/p-1. The van der Waals surface area contributed by atoms with Crippen LogP contribution in [-0.4, -0.2) is 13.0 Å². The molecule has 0 atom stereocenters. The third kappa shape index (κ3) is 1.92. The average Bonchev–Trinajstić information content (AvgIpc) is 1.86. The van der Waals surface area contributed by atoms with Crippen molar-refractivity contribution in [1.82, 2.24) is 0 Å². The second kappa shape index (κ2) is 2.52. The van der Waals surface area contributed by atoms with Crippen LogP contribution in [0.5, 0.6) is 0 Å². The fourth-order valence-corrected chi connectivity index (χ4v) is 1.20. The van der Waals surface area contributed by atoms with E-state index < -0.39 is 10.1 Å². The molecule has 0 saturated carbocycles. The largest absolute Gasteiger partial charge is 0.744 e. The summed E-state index contributed by atoms with van der Waals surface area (Å²) in [4.78, 5) is -0.294. The van der Waals surface area contributed by atoms with Gasteiger partial charge < -0.3 is 10.3 Å². The van der Waals surface area contributed by atoms with Gasteiger partial charge in [0.2, 0.25) is 0 Å². The fourth-order valence-electron chi connectivity index (χ4n) is 0.670. The number of nitrogens with two attached hydrogens (primary N) is 1. The highest BCUT2D eigenvalue weighted by Gasteiger charge is 1.98. The topological polar surface area (TPSA) is 83.2 Å². The second-order valence-corrected chi connectivity index (χ2v) is 3.41. The number of anilines is 1. The van der Waals surface area contributed by atoms with Crippen molar-refractivity contribution in [2.75, 3.05) is 5.73 Å². The van der Waals surface area contributed by atoms with Crippen LogP contribution >= 0.6 is 0 Å². The van der Waals surface area contributed by atoms with Gasteiger partial charge in [0.05, 0.1) is 4.90 Å². The van der Waals surface area contributed by atoms with Crippen LogP contribution in [0, 0.1) is 0 Å². The molecule has 1 rings (SSSR count). The number of benzene rings is 1. The van der Waals surface area contributed by atoms with Gasteiger partial charge in [-0.15, -0.1) is 0 Å². The van der Waals surface area contributed by atoms with Crippen LogP contribution in [0.1, 0.15) is 0 Å². The normalized spacial score (nSPS) is 11.4. The zero-order valence-corrected chi connectivity index (χ0v) is 6.34. The van der Waals surface area contributed by atoms with E-state index in [0.717, 1.165) is 6.07 Å². The van der Waals surface area contributed by atoms with Crippen molar-refractivity contribution >= 4 is 15.8 Å². The Morgan fingerprint density at radius 1 is 1.36 bits per heavy atom. The highest BCUT2D eigenvalue weighted by atomic mass is 32.2. The Bertz CT molecular complexity index is 358. The molecule has 0 aliphatic carbocycles. The SMILES string of the molecule is Nc1cccc(S(=O)(=O)[O-])c1. The zero-order valence-electron chi connectivity index (χ0n) is 5.52. The molecular formula is C6H6NO3S-. The van der Waals surface area contributed by atoms with Gasteiger partial charge >= 0.3 is 0 Å². The van der Waals surface area contributed by atoms with E-state index >= 15 is 0 Å². The Morgan fingerprint density at radius 3 is 2.36 bits per heavy atom. The number of hydrogen-bond donors (Lipinski definition) is 1. The van der Waals surface area contributed by atoms with E-state index in [1.54, 1.807) is 0 Å². The zero-order chi connectivity index (χ0) is 8.48. The molecule has 0 spiro atoms. The van der Waals surface area contributed by atoms with Crippen molar-refractivity contribution in [2.24, 2.45) is 0 Å². The van der Waals surface area contributed by atoms with E-state index in [4.69, 9.17) is 5.73 Å². The Balaban J connectivity index is 3.28. The molecule has 0 bridgehead atoms. The lowest BCUT2D eigenvalue weighted by atomic mass is 10.3. The molecule has 60 valence electrons. The van der Waals surface area contributed by atoms with Crippen molar-refractivity contribution in [3.8, 4) is 0 Å². The Hall–Kier alpha value is -1.07. The summed E-state index contributed by atoms with van der Waals surface area (Å²) in [5, 5.41) is 0. The van der Waals surface area contributed by atoms with Gasteiger partial charge in [-0.25, -0.2) is 8.42 Å². The highest BCUT2D eigenvalue weighted by Crippen LogP contribution is 2.11. The third-order valence-electron chi connectivity index (χ3n) is 1.15. The molecule has 1 aromatic rings. The van der Waals surface area contributed by atoms with Crippen LogP contribution in [0.15, 0.2) is 29.2 Å². The van der Waals surface area contributed by atoms with E-state index in [0.29, 0.717) is 0 Å². The molecule has 11 heavy (non-hydrogen) atoms. The van der Waals surface area contributed by atoms with Gasteiger partial charge in [0.1, 0.15) is 10.1 Å². The molecule has 0 aliphatic rings. The molecule has 0 amide bonds. The molecule has 0 aromatic heterocycles. The van der Waals surface area contributed by atoms with Crippen LogP contribution < -0.4 is 5.73 Å². The lowest BCUT2D eigenvalue weighted by Crippen LogP contribution is -1.98. The lowest BCUT2D eigenvalue weighted by Gasteiger charge is -2.06. The second-order valence-electron chi connectivity index (χ2n) is 2.03. The minimum Gasteiger partial charge on any atom is -0.744 e. The Kier molecular flexibility index (Phi) is 1.84. The maximum Gasteiger partial charge on any atom is 0.124 e. The van der Waals surface area contributed by atoms with Gasteiger partial charge in [-0.1, -0.05) is 6.07 Å². The smallest absolute Gasteiger partial charge is 0.124 e. The molecule has 4 nitrogen and oxygen atoms in total. The van der Waals surface area contributed by atoms with Crippen LogP contribution in [0.2, 0.25) is 0 Å². The van der Waals surface area contributed by atoms with Gasteiger partial charge in [-0.3, -0.25) is 0 Å². The third-order valence-corrected chi connectivity index (χ3v) is 1.98. The lowest BCUT2D eigenvalue weighted by molar-refractivity contribution is 0.463. The molecule has 0 heterocycles. The molecular weight excluding hydrogens is 166 g/mol. The summed E-state index contributed by atoms with van der Waals surface area (Å²) in [5.74, 6) is 0. The summed E-state index contributed by atoms with van der Waals surface area (Å²) < 4.78 is 31.1. The molecule has 0 saturated heterocycles. The first kappa shape index (κ1) is 8.03. The molecule has 0 unspecified atom stereocenters. The predicted molar refractivity (Wildman–Crippen MR) is 38.8 cm³/mol. The van der Waals surface area contributed by atoms with E-state index in [2.05, 4.69) is 0 Å². The van der Waals surface area contributed by atoms with Gasteiger partial charge in [-0.05, 0) is 18.2 Å². The van der Waals surface area contributed by atoms with Crippen LogP contribution in [0.3, 0.4) is 0 Å². The maximum absolute atomic E-state index is 10.4. The summed E-state index contributed by atoms with van der Waals surface area (Å²) in [7, 11) is -4.36. The summed E-state index contributed by atoms with van der Waals surface area (Å²) in [6, 6.07) is 5.26. The number of hydrogen-bond acceptors (Lipinski definition) is 4. The number of rotatable bonds is 1. The van der Waals surface area contributed by atoms with E-state index in [1.165, 1.54) is 18.2 Å². The van der Waals surface area contributed by atoms with Crippen LogP contribution in [-0.2, 0) is 10.1 Å². The molecule has 5 heteroatoms. The highest BCUT2D eigenvalue weighted by molar-refractivity contribution is 7.85. The minimum atomic E-state index is -4.36. The Labute approximate surface area is 64.4 Å². The monoisotopic (exact) mass is 172 g/mol. The van der Waals surface area contributed by atoms with E-state index in [9.17, 15) is 13.0 Å². The average molecular weight is 172 g/mol. The maximum atomic E-state index is 10.4. The van der Waals surface area contributed by atoms with E-state index in [1.807, 2.05) is 0 Å². The van der Waals surface area contributed by atoms with Crippen molar-refractivity contribution in [1.29, 1.82) is 0 Å². The van der Waals surface area contributed by atoms with Crippen molar-refractivity contribution in [2.45, 2.75) is 4.90 Å². The van der Waals surface area contributed by atoms with Crippen molar-refractivity contribution in [3.63, 3.8) is 0 Å². The Morgan fingerprint density at radius 2 is 2.00 bits per heavy atom. The van der Waals surface area contributed by atoms with Gasteiger partial charge in [0.15, 0.2) is 0 Å². The van der Waals surface area contributed by atoms with Crippen LogP contribution in [0.4, 0.5) is 5.69 Å².